The molecule has 0 bridgehead atoms. The van der Waals surface area contributed by atoms with Gasteiger partial charge in [0.25, 0.3) is 0 Å². The van der Waals surface area contributed by atoms with E-state index in [0.717, 1.165) is 12.3 Å². The Morgan fingerprint density at radius 3 is 2.58 bits per heavy atom. The fraction of sp³-hybridized carbons (Fsp3) is 0.900. The van der Waals surface area contributed by atoms with Crippen LogP contribution in [0.15, 0.2) is 0 Å². The van der Waals surface area contributed by atoms with E-state index in [9.17, 15) is 0 Å². The van der Waals surface area contributed by atoms with Gasteiger partial charge in [0.05, 0.1) is 6.61 Å². The summed E-state index contributed by atoms with van der Waals surface area (Å²) < 4.78 is 5.13. The van der Waals surface area contributed by atoms with Crippen molar-refractivity contribution in [1.29, 1.82) is 5.41 Å². The maximum absolute atomic E-state index is 7.50. The summed E-state index contributed by atoms with van der Waals surface area (Å²) in [6.45, 7) is 2.58. The van der Waals surface area contributed by atoms with Crippen molar-refractivity contribution in [3.63, 3.8) is 0 Å². The van der Waals surface area contributed by atoms with Crippen LogP contribution in [-0.2, 0) is 4.74 Å². The molecule has 1 saturated carbocycles. The summed E-state index contributed by atoms with van der Waals surface area (Å²) in [5.41, 5.74) is 0. The van der Waals surface area contributed by atoms with E-state index in [2.05, 4.69) is 0 Å². The van der Waals surface area contributed by atoms with Gasteiger partial charge in [0.1, 0.15) is 0 Å². The summed E-state index contributed by atoms with van der Waals surface area (Å²) in [5.74, 6) is 1.22. The average molecular weight is 169 g/mol. The minimum absolute atomic E-state index is 0.490. The molecule has 0 aliphatic heterocycles. The SMILES string of the molecule is CCOC(=N)CC1CCCCC1. The van der Waals surface area contributed by atoms with Crippen molar-refractivity contribution >= 4 is 5.90 Å². The molecule has 70 valence electrons. The summed E-state index contributed by atoms with van der Waals surface area (Å²) >= 11 is 0. The highest BCUT2D eigenvalue weighted by Crippen LogP contribution is 2.26. The summed E-state index contributed by atoms with van der Waals surface area (Å²) in [7, 11) is 0. The molecule has 0 atom stereocenters. The Bertz CT molecular complexity index is 139. The van der Waals surface area contributed by atoms with Crippen molar-refractivity contribution in [3.8, 4) is 0 Å². The van der Waals surface area contributed by atoms with Gasteiger partial charge < -0.3 is 4.74 Å². The topological polar surface area (TPSA) is 33.1 Å². The van der Waals surface area contributed by atoms with Gasteiger partial charge in [-0.3, -0.25) is 5.41 Å². The Labute approximate surface area is 74.8 Å². The Morgan fingerprint density at radius 2 is 2.00 bits per heavy atom. The zero-order valence-corrected chi connectivity index (χ0v) is 7.94. The summed E-state index contributed by atoms with van der Waals surface area (Å²) in [4.78, 5) is 0. The van der Waals surface area contributed by atoms with Crippen molar-refractivity contribution in [3.05, 3.63) is 0 Å². The fourth-order valence-corrected chi connectivity index (χ4v) is 1.89. The van der Waals surface area contributed by atoms with Crippen LogP contribution in [0.2, 0.25) is 0 Å². The number of nitrogens with one attached hydrogen (secondary N) is 1. The van der Waals surface area contributed by atoms with E-state index in [-0.39, 0.29) is 0 Å². The molecule has 0 aromatic rings. The first-order valence-electron chi connectivity index (χ1n) is 5.03. The lowest BCUT2D eigenvalue weighted by Gasteiger charge is -2.21. The van der Waals surface area contributed by atoms with E-state index in [0.29, 0.717) is 12.5 Å². The summed E-state index contributed by atoms with van der Waals surface area (Å²) in [6, 6.07) is 0. The van der Waals surface area contributed by atoms with Gasteiger partial charge in [-0.2, -0.15) is 0 Å². The molecule has 0 spiro atoms. The van der Waals surface area contributed by atoms with Crippen molar-refractivity contribution < 1.29 is 4.74 Å². The Hall–Kier alpha value is -0.530. The molecule has 2 heteroatoms. The fourth-order valence-electron chi connectivity index (χ4n) is 1.89. The summed E-state index contributed by atoms with van der Waals surface area (Å²) in [6.07, 6.45) is 7.56. The highest BCUT2D eigenvalue weighted by Gasteiger charge is 2.15. The standard InChI is InChI=1S/C10H19NO/c1-2-12-10(11)8-9-6-4-3-5-7-9/h9,11H,2-8H2,1H3. The molecule has 0 saturated heterocycles. The lowest BCUT2D eigenvalue weighted by Crippen LogP contribution is -2.13. The van der Waals surface area contributed by atoms with Gasteiger partial charge in [-0.15, -0.1) is 0 Å². The third kappa shape index (κ3) is 3.24. The van der Waals surface area contributed by atoms with Crippen LogP contribution in [0, 0.1) is 11.3 Å². The van der Waals surface area contributed by atoms with Crippen LogP contribution in [0.25, 0.3) is 0 Å². The second-order valence-corrected chi connectivity index (χ2v) is 3.56. The molecule has 1 rings (SSSR count). The van der Waals surface area contributed by atoms with Crippen molar-refractivity contribution in [2.45, 2.75) is 45.4 Å². The Morgan fingerprint density at radius 1 is 1.33 bits per heavy atom. The highest BCUT2D eigenvalue weighted by molar-refractivity contribution is 5.72. The first-order valence-corrected chi connectivity index (χ1v) is 5.03. The molecule has 2 nitrogen and oxygen atoms in total. The number of hydrogen-bond acceptors (Lipinski definition) is 2. The lowest BCUT2D eigenvalue weighted by atomic mass is 9.87. The van der Waals surface area contributed by atoms with Crippen LogP contribution in [-0.4, -0.2) is 12.5 Å². The molecule has 0 aromatic carbocycles. The molecule has 0 unspecified atom stereocenters. The first kappa shape index (κ1) is 9.56. The van der Waals surface area contributed by atoms with E-state index in [4.69, 9.17) is 10.1 Å². The van der Waals surface area contributed by atoms with Crippen LogP contribution < -0.4 is 0 Å². The second-order valence-electron chi connectivity index (χ2n) is 3.56. The Kier molecular flexibility index (Phi) is 4.12. The zero-order chi connectivity index (χ0) is 8.81. The first-order chi connectivity index (χ1) is 5.83. The zero-order valence-electron chi connectivity index (χ0n) is 7.94. The molecule has 0 aromatic heterocycles. The van der Waals surface area contributed by atoms with E-state index in [1.54, 1.807) is 0 Å². The van der Waals surface area contributed by atoms with Gasteiger partial charge in [-0.1, -0.05) is 19.3 Å². The van der Waals surface area contributed by atoms with Gasteiger partial charge in [0, 0.05) is 6.42 Å². The van der Waals surface area contributed by atoms with E-state index in [1.165, 1.54) is 32.1 Å². The van der Waals surface area contributed by atoms with Crippen LogP contribution in [0.1, 0.15) is 45.4 Å². The van der Waals surface area contributed by atoms with Crippen molar-refractivity contribution in [2.75, 3.05) is 6.61 Å². The molecule has 1 aliphatic carbocycles. The van der Waals surface area contributed by atoms with E-state index in [1.807, 2.05) is 6.92 Å². The van der Waals surface area contributed by atoms with E-state index >= 15 is 0 Å². The molecule has 1 N–H and O–H groups in total. The van der Waals surface area contributed by atoms with Crippen LogP contribution in [0.4, 0.5) is 0 Å². The maximum Gasteiger partial charge on any atom is 0.180 e. The van der Waals surface area contributed by atoms with E-state index < -0.39 is 0 Å². The van der Waals surface area contributed by atoms with Crippen molar-refractivity contribution in [2.24, 2.45) is 5.92 Å². The average Bonchev–Trinajstić information content (AvgIpc) is 2.06. The number of ether oxygens (including phenoxy) is 1. The predicted molar refractivity (Wildman–Crippen MR) is 50.5 cm³/mol. The molecule has 12 heavy (non-hydrogen) atoms. The second kappa shape index (κ2) is 5.18. The molecular weight excluding hydrogens is 150 g/mol. The molecule has 1 fully saturated rings. The largest absolute Gasteiger partial charge is 0.481 e. The van der Waals surface area contributed by atoms with Gasteiger partial charge in [0.2, 0.25) is 0 Å². The van der Waals surface area contributed by atoms with Gasteiger partial charge >= 0.3 is 0 Å². The Balaban J connectivity index is 2.15. The quantitative estimate of drug-likeness (QED) is 0.511. The normalized spacial score (nSPS) is 19.1. The molecule has 0 heterocycles. The monoisotopic (exact) mass is 169 g/mol. The molecule has 1 aliphatic rings. The number of hydrogen-bond donors (Lipinski definition) is 1. The lowest BCUT2D eigenvalue weighted by molar-refractivity contribution is 0.287. The minimum atomic E-state index is 0.490. The van der Waals surface area contributed by atoms with Gasteiger partial charge in [0.15, 0.2) is 5.90 Å². The maximum atomic E-state index is 7.50. The van der Waals surface area contributed by atoms with Crippen molar-refractivity contribution in [1.82, 2.24) is 0 Å². The van der Waals surface area contributed by atoms with Crippen LogP contribution in [0.5, 0.6) is 0 Å². The third-order valence-corrected chi connectivity index (χ3v) is 2.52. The summed E-state index contributed by atoms with van der Waals surface area (Å²) in [5, 5.41) is 7.50. The smallest absolute Gasteiger partial charge is 0.180 e. The van der Waals surface area contributed by atoms with Gasteiger partial charge in [-0.05, 0) is 25.7 Å². The minimum Gasteiger partial charge on any atom is -0.481 e. The van der Waals surface area contributed by atoms with Crippen LogP contribution >= 0.6 is 0 Å². The van der Waals surface area contributed by atoms with Crippen LogP contribution in [0.3, 0.4) is 0 Å². The molecule has 0 amide bonds. The third-order valence-electron chi connectivity index (χ3n) is 2.52. The number of rotatable bonds is 3. The molecular formula is C10H19NO. The molecule has 0 radical (unpaired) electrons. The van der Waals surface area contributed by atoms with Gasteiger partial charge in [-0.25, -0.2) is 0 Å². The highest BCUT2D eigenvalue weighted by atomic mass is 16.5. The predicted octanol–water partition coefficient (Wildman–Crippen LogP) is 2.97.